The monoisotopic (exact) mass is 250 g/mol. The average molecular weight is 250 g/mol. The number of fused-ring (bicyclic) bond motifs is 1. The van der Waals surface area contributed by atoms with E-state index in [1.165, 1.54) is 12.1 Å². The third-order valence-corrected chi connectivity index (χ3v) is 2.46. The van der Waals surface area contributed by atoms with Gasteiger partial charge in [0.2, 0.25) is 11.9 Å². The second-order valence-electron chi connectivity index (χ2n) is 3.88. The van der Waals surface area contributed by atoms with Crippen LogP contribution in [0, 0.1) is 5.82 Å². The summed E-state index contributed by atoms with van der Waals surface area (Å²) in [5, 5.41) is 5.70. The fourth-order valence-electron chi connectivity index (χ4n) is 1.65. The van der Waals surface area contributed by atoms with E-state index < -0.39 is 0 Å². The van der Waals surface area contributed by atoms with Crippen LogP contribution < -0.4 is 10.6 Å². The van der Waals surface area contributed by atoms with Gasteiger partial charge in [0.15, 0.2) is 0 Å². The molecule has 0 radical (unpaired) electrons. The zero-order valence-corrected chi connectivity index (χ0v) is 10.1. The third kappa shape index (κ3) is 2.97. The maximum Gasteiger partial charge on any atom is 0.221 e. The van der Waals surface area contributed by atoms with Crippen molar-refractivity contribution in [1.82, 2.24) is 15.3 Å². The Morgan fingerprint density at radius 3 is 3.11 bits per heavy atom. The molecular weight excluding hydrogens is 235 g/mol. The van der Waals surface area contributed by atoms with E-state index in [1.807, 2.05) is 6.92 Å². The molecule has 1 amide bonds. The summed E-state index contributed by atoms with van der Waals surface area (Å²) in [6.45, 7) is 2.98. The fourth-order valence-corrected chi connectivity index (χ4v) is 1.65. The molecular formula is C12H15FN4O. The molecule has 1 aromatic heterocycles. The number of anilines is 1. The van der Waals surface area contributed by atoms with E-state index in [9.17, 15) is 9.18 Å². The molecule has 2 rings (SSSR count). The number of rotatable bonds is 5. The molecule has 0 saturated heterocycles. The Bertz CT molecular complexity index is 552. The molecule has 0 fully saturated rings. The Morgan fingerprint density at radius 2 is 2.33 bits per heavy atom. The van der Waals surface area contributed by atoms with Crippen molar-refractivity contribution in [3.8, 4) is 0 Å². The lowest BCUT2D eigenvalue weighted by Gasteiger charge is -2.02. The number of nitrogens with zero attached hydrogens (tertiary/aromatic N) is 1. The SMILES string of the molecule is CCNC(=O)CCNc1nc2ccc(F)cc2[nH]1. The number of carbonyl (C=O) groups excluding carboxylic acids is 1. The van der Waals surface area contributed by atoms with Gasteiger partial charge in [-0.25, -0.2) is 9.37 Å². The molecule has 0 atom stereocenters. The number of hydrogen-bond donors (Lipinski definition) is 3. The molecule has 3 N–H and O–H groups in total. The van der Waals surface area contributed by atoms with E-state index >= 15 is 0 Å². The van der Waals surface area contributed by atoms with Crippen molar-refractivity contribution in [3.63, 3.8) is 0 Å². The van der Waals surface area contributed by atoms with Crippen LogP contribution in [0.15, 0.2) is 18.2 Å². The van der Waals surface area contributed by atoms with Crippen molar-refractivity contribution in [2.75, 3.05) is 18.4 Å². The van der Waals surface area contributed by atoms with Gasteiger partial charge in [-0.15, -0.1) is 0 Å². The van der Waals surface area contributed by atoms with Crippen LogP contribution in [0.25, 0.3) is 11.0 Å². The van der Waals surface area contributed by atoms with Crippen molar-refractivity contribution < 1.29 is 9.18 Å². The van der Waals surface area contributed by atoms with Gasteiger partial charge in [-0.3, -0.25) is 4.79 Å². The second kappa shape index (κ2) is 5.48. The lowest BCUT2D eigenvalue weighted by molar-refractivity contribution is -0.120. The Labute approximate surface area is 104 Å². The number of benzene rings is 1. The number of carbonyl (C=O) groups is 1. The molecule has 6 heteroatoms. The van der Waals surface area contributed by atoms with Gasteiger partial charge in [0, 0.05) is 19.5 Å². The molecule has 0 aliphatic rings. The summed E-state index contributed by atoms with van der Waals surface area (Å²) in [5.74, 6) is 0.229. The quantitative estimate of drug-likeness (QED) is 0.755. The summed E-state index contributed by atoms with van der Waals surface area (Å²) in [7, 11) is 0. The normalized spacial score (nSPS) is 10.6. The average Bonchev–Trinajstić information content (AvgIpc) is 2.71. The zero-order valence-electron chi connectivity index (χ0n) is 10.1. The minimum absolute atomic E-state index is 0.00726. The van der Waals surface area contributed by atoms with Crippen LogP contribution >= 0.6 is 0 Å². The largest absolute Gasteiger partial charge is 0.356 e. The number of halogens is 1. The van der Waals surface area contributed by atoms with E-state index in [0.717, 1.165) is 0 Å². The molecule has 96 valence electrons. The Hall–Kier alpha value is -2.11. The minimum Gasteiger partial charge on any atom is -0.356 e. The molecule has 0 aliphatic carbocycles. The molecule has 1 heterocycles. The number of hydrogen-bond acceptors (Lipinski definition) is 3. The van der Waals surface area contributed by atoms with Crippen LogP contribution in [0.5, 0.6) is 0 Å². The highest BCUT2D eigenvalue weighted by Crippen LogP contribution is 2.15. The van der Waals surface area contributed by atoms with Crippen LogP contribution in [0.3, 0.4) is 0 Å². The van der Waals surface area contributed by atoms with Crippen LogP contribution in [0.2, 0.25) is 0 Å². The molecule has 0 saturated carbocycles. The topological polar surface area (TPSA) is 69.8 Å². The van der Waals surface area contributed by atoms with Crippen molar-refractivity contribution in [3.05, 3.63) is 24.0 Å². The summed E-state index contributed by atoms with van der Waals surface area (Å²) in [6.07, 6.45) is 0.374. The minimum atomic E-state index is -0.306. The standard InChI is InChI=1S/C12H15FN4O/c1-2-14-11(18)5-6-15-12-16-9-4-3-8(13)7-10(9)17-12/h3-4,7H,2,5-6H2,1H3,(H,14,18)(H2,15,16,17). The van der Waals surface area contributed by atoms with Crippen molar-refractivity contribution in [1.29, 1.82) is 0 Å². The van der Waals surface area contributed by atoms with Crippen LogP contribution in [-0.4, -0.2) is 29.0 Å². The molecule has 2 aromatic rings. The summed E-state index contributed by atoms with van der Waals surface area (Å²) in [4.78, 5) is 18.4. The van der Waals surface area contributed by atoms with Crippen LogP contribution in [0.1, 0.15) is 13.3 Å². The zero-order chi connectivity index (χ0) is 13.0. The van der Waals surface area contributed by atoms with Crippen molar-refractivity contribution in [2.45, 2.75) is 13.3 Å². The Kier molecular flexibility index (Phi) is 3.76. The summed E-state index contributed by atoms with van der Waals surface area (Å²) >= 11 is 0. The van der Waals surface area contributed by atoms with Crippen LogP contribution in [0.4, 0.5) is 10.3 Å². The first kappa shape index (κ1) is 12.3. The number of H-pyrrole nitrogens is 1. The number of aromatic amines is 1. The summed E-state index contributed by atoms with van der Waals surface area (Å²) in [5.41, 5.74) is 1.33. The van der Waals surface area contributed by atoms with E-state index in [4.69, 9.17) is 0 Å². The van der Waals surface area contributed by atoms with E-state index in [1.54, 1.807) is 6.07 Å². The first-order valence-corrected chi connectivity index (χ1v) is 5.85. The van der Waals surface area contributed by atoms with Crippen molar-refractivity contribution in [2.24, 2.45) is 0 Å². The maximum atomic E-state index is 13.0. The molecule has 0 bridgehead atoms. The number of imidazole rings is 1. The highest BCUT2D eigenvalue weighted by atomic mass is 19.1. The smallest absolute Gasteiger partial charge is 0.221 e. The van der Waals surface area contributed by atoms with Gasteiger partial charge in [0.1, 0.15) is 5.82 Å². The first-order valence-electron chi connectivity index (χ1n) is 5.85. The number of amides is 1. The lowest BCUT2D eigenvalue weighted by Crippen LogP contribution is -2.24. The molecule has 1 aromatic carbocycles. The third-order valence-electron chi connectivity index (χ3n) is 2.46. The molecule has 5 nitrogen and oxygen atoms in total. The predicted octanol–water partition coefficient (Wildman–Crippen LogP) is 1.64. The van der Waals surface area contributed by atoms with Gasteiger partial charge < -0.3 is 15.6 Å². The lowest BCUT2D eigenvalue weighted by atomic mass is 10.3. The highest BCUT2D eigenvalue weighted by Gasteiger charge is 2.04. The summed E-state index contributed by atoms with van der Waals surface area (Å²) in [6, 6.07) is 4.36. The molecule has 0 aliphatic heterocycles. The Balaban J connectivity index is 1.94. The fraction of sp³-hybridized carbons (Fsp3) is 0.333. The highest BCUT2D eigenvalue weighted by molar-refractivity contribution is 5.78. The molecule has 18 heavy (non-hydrogen) atoms. The van der Waals surface area contributed by atoms with E-state index in [0.29, 0.717) is 36.5 Å². The predicted molar refractivity (Wildman–Crippen MR) is 67.8 cm³/mol. The van der Waals surface area contributed by atoms with Gasteiger partial charge in [0.25, 0.3) is 0 Å². The van der Waals surface area contributed by atoms with Crippen molar-refractivity contribution >= 4 is 22.9 Å². The molecule has 0 unspecified atom stereocenters. The van der Waals surface area contributed by atoms with E-state index in [2.05, 4.69) is 20.6 Å². The molecule has 0 spiro atoms. The van der Waals surface area contributed by atoms with Gasteiger partial charge in [-0.05, 0) is 25.1 Å². The number of nitrogens with one attached hydrogen (secondary N) is 3. The second-order valence-corrected chi connectivity index (χ2v) is 3.88. The first-order chi connectivity index (χ1) is 8.69. The van der Waals surface area contributed by atoms with Gasteiger partial charge in [-0.2, -0.15) is 0 Å². The Morgan fingerprint density at radius 1 is 1.50 bits per heavy atom. The van der Waals surface area contributed by atoms with Gasteiger partial charge in [0.05, 0.1) is 11.0 Å². The van der Waals surface area contributed by atoms with Crippen LogP contribution in [-0.2, 0) is 4.79 Å². The van der Waals surface area contributed by atoms with Gasteiger partial charge >= 0.3 is 0 Å². The van der Waals surface area contributed by atoms with E-state index in [-0.39, 0.29) is 11.7 Å². The van der Waals surface area contributed by atoms with Gasteiger partial charge in [-0.1, -0.05) is 0 Å². The number of aromatic nitrogens is 2. The summed E-state index contributed by atoms with van der Waals surface area (Å²) < 4.78 is 13.0. The maximum absolute atomic E-state index is 13.0.